The van der Waals surface area contributed by atoms with Crippen LogP contribution in [0.4, 0.5) is 0 Å². The molecule has 0 aliphatic rings. The maximum atomic E-state index is 12.9. The summed E-state index contributed by atoms with van der Waals surface area (Å²) in [5.74, 6) is -0.266. The first-order chi connectivity index (χ1) is 13.9. The van der Waals surface area contributed by atoms with E-state index in [-0.39, 0.29) is 31.6 Å². The van der Waals surface area contributed by atoms with Crippen LogP contribution in [-0.2, 0) is 16.1 Å². The fraction of sp³-hybridized carbons (Fsp3) is 0.333. The Morgan fingerprint density at radius 2 is 1.83 bits per heavy atom. The molecule has 29 heavy (non-hydrogen) atoms. The third-order valence-corrected chi connectivity index (χ3v) is 4.82. The predicted octanol–water partition coefficient (Wildman–Crippen LogP) is 3.29. The van der Waals surface area contributed by atoms with Crippen LogP contribution in [0.5, 0.6) is 5.75 Å². The summed E-state index contributed by atoms with van der Waals surface area (Å²) in [7, 11) is 0. The van der Waals surface area contributed by atoms with E-state index in [0.29, 0.717) is 28.8 Å². The molecule has 2 rings (SSSR count). The Morgan fingerprint density at radius 3 is 2.48 bits per heavy atom. The van der Waals surface area contributed by atoms with Crippen LogP contribution in [-0.4, -0.2) is 47.6 Å². The molecule has 0 saturated heterocycles. The van der Waals surface area contributed by atoms with E-state index in [4.69, 9.17) is 33.0 Å². The van der Waals surface area contributed by atoms with Gasteiger partial charge in [0.25, 0.3) is 5.91 Å². The van der Waals surface area contributed by atoms with Gasteiger partial charge in [0, 0.05) is 24.7 Å². The molecule has 2 amide bonds. The molecule has 2 N–H and O–H groups in total. The van der Waals surface area contributed by atoms with E-state index < -0.39 is 6.04 Å². The second-order valence-corrected chi connectivity index (χ2v) is 7.26. The first-order valence-corrected chi connectivity index (χ1v) is 9.97. The molecule has 0 fully saturated rings. The highest BCUT2D eigenvalue weighted by Gasteiger charge is 2.26. The number of nitrogens with zero attached hydrogens (tertiary/aromatic N) is 1. The molecule has 0 bridgehead atoms. The number of nitrogens with one attached hydrogen (secondary N) is 1. The van der Waals surface area contributed by atoms with E-state index >= 15 is 0 Å². The van der Waals surface area contributed by atoms with Gasteiger partial charge >= 0.3 is 0 Å². The fourth-order valence-corrected chi connectivity index (χ4v) is 2.91. The van der Waals surface area contributed by atoms with Crippen LogP contribution in [0, 0.1) is 0 Å². The van der Waals surface area contributed by atoms with Crippen molar-refractivity contribution in [1.29, 1.82) is 0 Å². The largest absolute Gasteiger partial charge is 0.482 e. The molecule has 156 valence electrons. The summed E-state index contributed by atoms with van der Waals surface area (Å²) >= 11 is 12.0. The monoisotopic (exact) mass is 438 g/mol. The summed E-state index contributed by atoms with van der Waals surface area (Å²) in [4.78, 5) is 26.8. The second-order valence-electron chi connectivity index (χ2n) is 6.41. The van der Waals surface area contributed by atoms with E-state index in [2.05, 4.69) is 5.32 Å². The van der Waals surface area contributed by atoms with E-state index in [1.807, 2.05) is 0 Å². The molecule has 0 spiro atoms. The Kier molecular flexibility index (Phi) is 9.25. The van der Waals surface area contributed by atoms with Crippen molar-refractivity contribution in [3.8, 4) is 5.75 Å². The Labute approximate surface area is 180 Å². The first kappa shape index (κ1) is 23.0. The topological polar surface area (TPSA) is 78.9 Å². The SMILES string of the molecule is CC(C(=O)NCCCO)N(Cc1ccc(Cl)cc1)C(=O)COc1ccccc1Cl. The molecule has 0 aliphatic heterocycles. The molecule has 0 heterocycles. The van der Waals surface area contributed by atoms with Gasteiger partial charge in [-0.2, -0.15) is 0 Å². The van der Waals surface area contributed by atoms with Crippen LogP contribution >= 0.6 is 23.2 Å². The lowest BCUT2D eigenvalue weighted by Crippen LogP contribution is -2.49. The lowest BCUT2D eigenvalue weighted by Gasteiger charge is -2.28. The molecule has 1 unspecified atom stereocenters. The van der Waals surface area contributed by atoms with Crippen LogP contribution < -0.4 is 10.1 Å². The third-order valence-electron chi connectivity index (χ3n) is 4.26. The third kappa shape index (κ3) is 7.24. The lowest BCUT2D eigenvalue weighted by molar-refractivity contribution is -0.142. The number of carbonyl (C=O) groups is 2. The Hall–Kier alpha value is -2.28. The van der Waals surface area contributed by atoms with Crippen LogP contribution in [0.25, 0.3) is 0 Å². The van der Waals surface area contributed by atoms with E-state index in [1.54, 1.807) is 55.5 Å². The summed E-state index contributed by atoms with van der Waals surface area (Å²) < 4.78 is 5.56. The smallest absolute Gasteiger partial charge is 0.261 e. The molecular formula is C21H24Cl2N2O4. The molecule has 2 aromatic rings. The zero-order chi connectivity index (χ0) is 21.2. The minimum Gasteiger partial charge on any atom is -0.482 e. The first-order valence-electron chi connectivity index (χ1n) is 9.22. The number of aliphatic hydroxyl groups excluding tert-OH is 1. The normalized spacial score (nSPS) is 11.6. The maximum absolute atomic E-state index is 12.9. The predicted molar refractivity (Wildman–Crippen MR) is 113 cm³/mol. The van der Waals surface area contributed by atoms with Crippen molar-refractivity contribution in [3.05, 3.63) is 64.1 Å². The number of rotatable bonds is 10. The van der Waals surface area contributed by atoms with Crippen molar-refractivity contribution in [2.75, 3.05) is 19.8 Å². The standard InChI is InChI=1S/C21H24Cl2N2O4/c1-15(21(28)24-11-4-12-26)25(13-16-7-9-17(22)10-8-16)20(27)14-29-19-6-3-2-5-18(19)23/h2-3,5-10,15,26H,4,11-14H2,1H3,(H,24,28). The van der Waals surface area contributed by atoms with E-state index in [9.17, 15) is 9.59 Å². The van der Waals surface area contributed by atoms with Gasteiger partial charge in [-0.25, -0.2) is 0 Å². The highest BCUT2D eigenvalue weighted by atomic mass is 35.5. The van der Waals surface area contributed by atoms with Crippen LogP contribution in [0.3, 0.4) is 0 Å². The van der Waals surface area contributed by atoms with Crippen molar-refractivity contribution in [3.63, 3.8) is 0 Å². The van der Waals surface area contributed by atoms with Gasteiger partial charge in [-0.05, 0) is 43.2 Å². The van der Waals surface area contributed by atoms with Crippen LogP contribution in [0.15, 0.2) is 48.5 Å². The number of ether oxygens (including phenoxy) is 1. The number of halogens is 2. The zero-order valence-corrected chi connectivity index (χ0v) is 17.6. The quantitative estimate of drug-likeness (QED) is 0.557. The minimum absolute atomic E-state index is 0.0201. The lowest BCUT2D eigenvalue weighted by atomic mass is 10.1. The Bertz CT molecular complexity index is 815. The van der Waals surface area contributed by atoms with Crippen molar-refractivity contribution >= 4 is 35.0 Å². The molecule has 1 atom stereocenters. The summed E-state index contributed by atoms with van der Waals surface area (Å²) in [6.07, 6.45) is 0.444. The number of aliphatic hydroxyl groups is 1. The molecule has 2 aromatic carbocycles. The highest BCUT2D eigenvalue weighted by Crippen LogP contribution is 2.23. The Balaban J connectivity index is 2.11. The van der Waals surface area contributed by atoms with Crippen molar-refractivity contribution in [2.45, 2.75) is 25.9 Å². The van der Waals surface area contributed by atoms with Crippen molar-refractivity contribution in [2.24, 2.45) is 0 Å². The Morgan fingerprint density at radius 1 is 1.14 bits per heavy atom. The summed E-state index contributed by atoms with van der Waals surface area (Å²) in [5, 5.41) is 12.6. The molecule has 0 saturated carbocycles. The molecular weight excluding hydrogens is 415 g/mol. The van der Waals surface area contributed by atoms with Crippen molar-refractivity contribution < 1.29 is 19.4 Å². The highest BCUT2D eigenvalue weighted by molar-refractivity contribution is 6.32. The van der Waals surface area contributed by atoms with Crippen LogP contribution in [0.1, 0.15) is 18.9 Å². The van der Waals surface area contributed by atoms with Gasteiger partial charge in [-0.3, -0.25) is 9.59 Å². The molecule has 8 heteroatoms. The molecule has 0 radical (unpaired) electrons. The minimum atomic E-state index is -0.730. The number of benzene rings is 2. The van der Waals surface area contributed by atoms with Gasteiger partial charge in [-0.15, -0.1) is 0 Å². The van der Waals surface area contributed by atoms with Crippen LogP contribution in [0.2, 0.25) is 10.0 Å². The number of carbonyl (C=O) groups excluding carboxylic acids is 2. The number of amides is 2. The fourth-order valence-electron chi connectivity index (χ4n) is 2.59. The average molecular weight is 439 g/mol. The maximum Gasteiger partial charge on any atom is 0.261 e. The molecule has 6 nitrogen and oxygen atoms in total. The van der Waals surface area contributed by atoms with Gasteiger partial charge in [-0.1, -0.05) is 47.5 Å². The number of para-hydroxylation sites is 1. The van der Waals surface area contributed by atoms with Crippen molar-refractivity contribution in [1.82, 2.24) is 10.2 Å². The van der Waals surface area contributed by atoms with Gasteiger partial charge in [0.05, 0.1) is 5.02 Å². The molecule has 0 aliphatic carbocycles. The van der Waals surface area contributed by atoms with Gasteiger partial charge in [0.15, 0.2) is 6.61 Å². The van der Waals surface area contributed by atoms with Gasteiger partial charge in [0.2, 0.25) is 5.91 Å². The second kappa shape index (κ2) is 11.7. The average Bonchev–Trinajstić information content (AvgIpc) is 2.72. The summed E-state index contributed by atoms with van der Waals surface area (Å²) in [6, 6.07) is 13.2. The zero-order valence-electron chi connectivity index (χ0n) is 16.1. The van der Waals surface area contributed by atoms with E-state index in [1.165, 1.54) is 4.90 Å². The summed E-state index contributed by atoms with van der Waals surface area (Å²) in [6.45, 7) is 1.92. The van der Waals surface area contributed by atoms with E-state index in [0.717, 1.165) is 5.56 Å². The summed E-state index contributed by atoms with van der Waals surface area (Å²) in [5.41, 5.74) is 0.829. The number of hydrogen-bond donors (Lipinski definition) is 2. The number of hydrogen-bond acceptors (Lipinski definition) is 4. The van der Waals surface area contributed by atoms with Gasteiger partial charge in [0.1, 0.15) is 11.8 Å². The molecule has 0 aromatic heterocycles. The van der Waals surface area contributed by atoms with Gasteiger partial charge < -0.3 is 20.1 Å².